The highest BCUT2D eigenvalue weighted by atomic mass is 35.5. The molecule has 0 bridgehead atoms. The molecule has 18 heavy (non-hydrogen) atoms. The van der Waals surface area contributed by atoms with E-state index in [-0.39, 0.29) is 0 Å². The summed E-state index contributed by atoms with van der Waals surface area (Å²) in [5.74, 6) is 0.408. The average Bonchev–Trinajstić information content (AvgIpc) is 2.38. The first-order valence-corrected chi connectivity index (χ1v) is 5.72. The first-order chi connectivity index (χ1) is 8.66. The lowest BCUT2D eigenvalue weighted by molar-refractivity contribution is 0.306. The molecule has 0 fully saturated rings. The molecule has 1 heterocycles. The molecular formula is C12H11BClNO3. The summed E-state index contributed by atoms with van der Waals surface area (Å²) in [6.07, 6.45) is 3.37. The Labute approximate surface area is 110 Å². The summed E-state index contributed by atoms with van der Waals surface area (Å²) in [4.78, 5) is 3.97. The zero-order valence-electron chi connectivity index (χ0n) is 9.45. The molecule has 2 N–H and O–H groups in total. The van der Waals surface area contributed by atoms with Crippen LogP contribution >= 0.6 is 11.6 Å². The molecule has 4 nitrogen and oxygen atoms in total. The Balaban J connectivity index is 2.11. The number of ether oxygens (including phenoxy) is 1. The van der Waals surface area contributed by atoms with Crippen molar-refractivity contribution in [1.29, 1.82) is 0 Å². The molecule has 0 atom stereocenters. The van der Waals surface area contributed by atoms with E-state index in [9.17, 15) is 0 Å². The van der Waals surface area contributed by atoms with Crippen LogP contribution in [-0.2, 0) is 6.61 Å². The number of halogens is 1. The Kier molecular flexibility index (Phi) is 4.20. The van der Waals surface area contributed by atoms with Gasteiger partial charge in [-0.1, -0.05) is 23.7 Å². The molecule has 0 saturated heterocycles. The van der Waals surface area contributed by atoms with Gasteiger partial charge in [0, 0.05) is 18.0 Å². The lowest BCUT2D eigenvalue weighted by Crippen LogP contribution is -2.29. The Morgan fingerprint density at radius 1 is 1.28 bits per heavy atom. The van der Waals surface area contributed by atoms with Crippen LogP contribution in [0.4, 0.5) is 0 Å². The van der Waals surface area contributed by atoms with E-state index in [0.717, 1.165) is 5.56 Å². The molecule has 0 radical (unpaired) electrons. The smallest absolute Gasteiger partial charge is 0.487 e. The summed E-state index contributed by atoms with van der Waals surface area (Å²) in [5, 5.41) is 18.6. The van der Waals surface area contributed by atoms with Crippen molar-refractivity contribution in [3.63, 3.8) is 0 Å². The van der Waals surface area contributed by atoms with Gasteiger partial charge in [0.05, 0.1) is 5.02 Å². The summed E-state index contributed by atoms with van der Waals surface area (Å²) in [6, 6.07) is 8.29. The molecule has 6 heteroatoms. The van der Waals surface area contributed by atoms with Crippen molar-refractivity contribution in [2.45, 2.75) is 6.61 Å². The molecule has 0 aliphatic carbocycles. The fraction of sp³-hybridized carbons (Fsp3) is 0.0833. The van der Waals surface area contributed by atoms with E-state index < -0.39 is 7.12 Å². The maximum atomic E-state index is 9.07. The SMILES string of the molecule is OB(O)c1ccc(Cl)c(OCc2cccnc2)c1. The second kappa shape index (κ2) is 5.86. The van der Waals surface area contributed by atoms with Crippen LogP contribution < -0.4 is 10.2 Å². The van der Waals surface area contributed by atoms with Crippen LogP contribution in [0.15, 0.2) is 42.7 Å². The third-order valence-electron chi connectivity index (χ3n) is 2.37. The van der Waals surface area contributed by atoms with Crippen LogP contribution in [0.5, 0.6) is 5.75 Å². The molecule has 2 rings (SSSR count). The quantitative estimate of drug-likeness (QED) is 0.808. The van der Waals surface area contributed by atoms with E-state index in [1.165, 1.54) is 12.1 Å². The van der Waals surface area contributed by atoms with Gasteiger partial charge in [-0.25, -0.2) is 0 Å². The summed E-state index contributed by atoms with van der Waals surface area (Å²) in [5.41, 5.74) is 1.24. The van der Waals surface area contributed by atoms with Crippen molar-refractivity contribution in [2.24, 2.45) is 0 Å². The largest absolute Gasteiger partial charge is 0.488 e. The minimum absolute atomic E-state index is 0.318. The Morgan fingerprint density at radius 3 is 2.78 bits per heavy atom. The van der Waals surface area contributed by atoms with Crippen molar-refractivity contribution >= 4 is 24.2 Å². The highest BCUT2D eigenvalue weighted by molar-refractivity contribution is 6.58. The van der Waals surface area contributed by atoms with E-state index >= 15 is 0 Å². The van der Waals surface area contributed by atoms with Crippen LogP contribution in [0.2, 0.25) is 5.02 Å². The molecule has 0 spiro atoms. The molecule has 0 unspecified atom stereocenters. The monoisotopic (exact) mass is 263 g/mol. The van der Waals surface area contributed by atoms with Crippen molar-refractivity contribution in [3.8, 4) is 5.75 Å². The highest BCUT2D eigenvalue weighted by Crippen LogP contribution is 2.23. The van der Waals surface area contributed by atoms with Gasteiger partial charge in [0.2, 0.25) is 0 Å². The van der Waals surface area contributed by atoms with Gasteiger partial charge in [-0.2, -0.15) is 0 Å². The minimum Gasteiger partial charge on any atom is -0.487 e. The number of pyridine rings is 1. The number of hydrogen-bond acceptors (Lipinski definition) is 4. The first-order valence-electron chi connectivity index (χ1n) is 5.34. The van der Waals surface area contributed by atoms with Crippen molar-refractivity contribution in [2.75, 3.05) is 0 Å². The van der Waals surface area contributed by atoms with E-state index in [0.29, 0.717) is 22.8 Å². The van der Waals surface area contributed by atoms with E-state index in [4.69, 9.17) is 26.4 Å². The normalized spacial score (nSPS) is 10.2. The minimum atomic E-state index is -1.54. The molecule has 92 valence electrons. The number of aromatic nitrogens is 1. The Bertz CT molecular complexity index is 522. The summed E-state index contributed by atoms with van der Waals surface area (Å²) < 4.78 is 5.52. The van der Waals surface area contributed by atoms with Gasteiger partial charge in [0.25, 0.3) is 0 Å². The van der Waals surface area contributed by atoms with E-state index in [2.05, 4.69) is 4.98 Å². The molecule has 0 aliphatic heterocycles. The highest BCUT2D eigenvalue weighted by Gasteiger charge is 2.13. The molecule has 2 aromatic rings. The van der Waals surface area contributed by atoms with Gasteiger partial charge in [0.1, 0.15) is 12.4 Å². The predicted molar refractivity (Wildman–Crippen MR) is 69.8 cm³/mol. The molecule has 1 aromatic carbocycles. The number of hydrogen-bond donors (Lipinski definition) is 2. The second-order valence-corrected chi connectivity index (χ2v) is 4.12. The Morgan fingerprint density at radius 2 is 2.11 bits per heavy atom. The van der Waals surface area contributed by atoms with Crippen LogP contribution in [-0.4, -0.2) is 22.2 Å². The van der Waals surface area contributed by atoms with E-state index in [1.807, 2.05) is 12.1 Å². The van der Waals surface area contributed by atoms with Crippen molar-refractivity contribution < 1.29 is 14.8 Å². The van der Waals surface area contributed by atoms with Gasteiger partial charge < -0.3 is 14.8 Å². The lowest BCUT2D eigenvalue weighted by Gasteiger charge is -2.09. The van der Waals surface area contributed by atoms with Crippen molar-refractivity contribution in [1.82, 2.24) is 4.98 Å². The molecule has 1 aromatic heterocycles. The van der Waals surface area contributed by atoms with Crippen LogP contribution in [0.25, 0.3) is 0 Å². The third-order valence-corrected chi connectivity index (χ3v) is 2.68. The van der Waals surface area contributed by atoms with Gasteiger partial charge in [-0.3, -0.25) is 4.98 Å². The van der Waals surface area contributed by atoms with Gasteiger partial charge in [0.15, 0.2) is 0 Å². The van der Waals surface area contributed by atoms with Gasteiger partial charge in [-0.05, 0) is 23.7 Å². The van der Waals surface area contributed by atoms with Crippen molar-refractivity contribution in [3.05, 3.63) is 53.3 Å². The fourth-order valence-electron chi connectivity index (χ4n) is 1.44. The summed E-state index contributed by atoms with van der Waals surface area (Å²) >= 11 is 5.96. The molecular weight excluding hydrogens is 252 g/mol. The average molecular weight is 263 g/mol. The zero-order chi connectivity index (χ0) is 13.0. The fourth-order valence-corrected chi connectivity index (χ4v) is 1.61. The second-order valence-electron chi connectivity index (χ2n) is 3.71. The molecule has 0 saturated carbocycles. The van der Waals surface area contributed by atoms with Crippen LogP contribution in [0.1, 0.15) is 5.56 Å². The zero-order valence-corrected chi connectivity index (χ0v) is 10.2. The standard InChI is InChI=1S/C12H11BClNO3/c14-11-4-3-10(13(16)17)6-12(11)18-8-9-2-1-5-15-7-9/h1-7,16-17H,8H2. The van der Waals surface area contributed by atoms with Crippen LogP contribution in [0, 0.1) is 0 Å². The number of benzene rings is 1. The lowest BCUT2D eigenvalue weighted by atomic mass is 9.80. The molecule has 0 amide bonds. The first kappa shape index (κ1) is 12.9. The number of rotatable bonds is 4. The predicted octanol–water partition coefficient (Wildman–Crippen LogP) is 0.994. The van der Waals surface area contributed by atoms with Crippen LogP contribution in [0.3, 0.4) is 0 Å². The maximum absolute atomic E-state index is 9.07. The number of nitrogens with zero attached hydrogens (tertiary/aromatic N) is 1. The summed E-state index contributed by atoms with van der Waals surface area (Å²) in [7, 11) is -1.54. The topological polar surface area (TPSA) is 62.6 Å². The Hall–Kier alpha value is -1.56. The molecule has 0 aliphatic rings. The third kappa shape index (κ3) is 3.23. The van der Waals surface area contributed by atoms with E-state index in [1.54, 1.807) is 18.5 Å². The van der Waals surface area contributed by atoms with Gasteiger partial charge >= 0.3 is 7.12 Å². The van der Waals surface area contributed by atoms with Gasteiger partial charge in [-0.15, -0.1) is 0 Å². The summed E-state index contributed by atoms with van der Waals surface area (Å²) in [6.45, 7) is 0.318. The maximum Gasteiger partial charge on any atom is 0.488 e.